The Morgan fingerprint density at radius 1 is 1.20 bits per heavy atom. The average molecular weight is 340 g/mol. The summed E-state index contributed by atoms with van der Waals surface area (Å²) in [6.07, 6.45) is 2.30. The molecule has 1 aliphatic rings. The standard InChI is InChI=1S/C20H24N2O3/c1-24-17-11-9-16(10-12-17)22-20(23)19(15-6-3-2-4-7-15)21-14-18-8-5-13-25-18/h2-4,6-7,9-12,18-19,21H,5,8,13-14H2,1H3,(H,22,23). The molecule has 1 saturated heterocycles. The highest BCUT2D eigenvalue weighted by Gasteiger charge is 2.23. The van der Waals surface area contributed by atoms with Gasteiger partial charge in [0, 0.05) is 18.8 Å². The minimum absolute atomic E-state index is 0.0886. The van der Waals surface area contributed by atoms with Gasteiger partial charge in [-0.25, -0.2) is 0 Å². The van der Waals surface area contributed by atoms with E-state index < -0.39 is 6.04 Å². The van der Waals surface area contributed by atoms with Gasteiger partial charge in [-0.1, -0.05) is 30.3 Å². The molecule has 0 radical (unpaired) electrons. The number of anilines is 1. The van der Waals surface area contributed by atoms with Crippen LogP contribution in [0.2, 0.25) is 0 Å². The summed E-state index contributed by atoms with van der Waals surface area (Å²) in [5, 5.41) is 6.33. The number of hydrogen-bond donors (Lipinski definition) is 2. The van der Waals surface area contributed by atoms with Crippen molar-refractivity contribution < 1.29 is 14.3 Å². The van der Waals surface area contributed by atoms with Gasteiger partial charge in [-0.15, -0.1) is 0 Å². The number of carbonyl (C=O) groups excluding carboxylic acids is 1. The van der Waals surface area contributed by atoms with Gasteiger partial charge in [-0.3, -0.25) is 10.1 Å². The number of carbonyl (C=O) groups is 1. The maximum absolute atomic E-state index is 12.8. The van der Waals surface area contributed by atoms with Crippen LogP contribution in [0.4, 0.5) is 5.69 Å². The first-order valence-electron chi connectivity index (χ1n) is 8.61. The van der Waals surface area contributed by atoms with Gasteiger partial charge in [0.1, 0.15) is 11.8 Å². The molecule has 25 heavy (non-hydrogen) atoms. The maximum Gasteiger partial charge on any atom is 0.246 e. The van der Waals surface area contributed by atoms with Gasteiger partial charge in [-0.05, 0) is 42.7 Å². The molecule has 2 atom stereocenters. The fourth-order valence-electron chi connectivity index (χ4n) is 2.95. The van der Waals surface area contributed by atoms with Crippen LogP contribution in [0.1, 0.15) is 24.4 Å². The van der Waals surface area contributed by atoms with Crippen LogP contribution in [0, 0.1) is 0 Å². The van der Waals surface area contributed by atoms with Crippen molar-refractivity contribution in [3.8, 4) is 5.75 Å². The Labute approximate surface area is 148 Å². The molecule has 0 bridgehead atoms. The highest BCUT2D eigenvalue weighted by atomic mass is 16.5. The van der Waals surface area contributed by atoms with Crippen molar-refractivity contribution in [2.45, 2.75) is 25.0 Å². The van der Waals surface area contributed by atoms with Crippen molar-refractivity contribution in [1.82, 2.24) is 5.32 Å². The molecule has 5 nitrogen and oxygen atoms in total. The highest BCUT2D eigenvalue weighted by Crippen LogP contribution is 2.20. The number of methoxy groups -OCH3 is 1. The lowest BCUT2D eigenvalue weighted by atomic mass is 10.1. The van der Waals surface area contributed by atoms with E-state index in [9.17, 15) is 4.79 Å². The Balaban J connectivity index is 1.69. The van der Waals surface area contributed by atoms with E-state index in [0.717, 1.165) is 36.4 Å². The third-order valence-corrected chi connectivity index (χ3v) is 4.33. The molecule has 3 rings (SSSR count). The van der Waals surface area contributed by atoms with E-state index >= 15 is 0 Å². The van der Waals surface area contributed by atoms with Crippen molar-refractivity contribution >= 4 is 11.6 Å². The number of hydrogen-bond acceptors (Lipinski definition) is 4. The highest BCUT2D eigenvalue weighted by molar-refractivity contribution is 5.95. The van der Waals surface area contributed by atoms with Gasteiger partial charge in [0.25, 0.3) is 0 Å². The molecule has 1 fully saturated rings. The first-order valence-corrected chi connectivity index (χ1v) is 8.61. The van der Waals surface area contributed by atoms with Crippen LogP contribution in [0.3, 0.4) is 0 Å². The fourth-order valence-corrected chi connectivity index (χ4v) is 2.95. The summed E-state index contributed by atoms with van der Waals surface area (Å²) in [5.74, 6) is 0.670. The average Bonchev–Trinajstić information content (AvgIpc) is 3.17. The van der Waals surface area contributed by atoms with Crippen LogP contribution in [-0.4, -0.2) is 32.3 Å². The van der Waals surface area contributed by atoms with Crippen molar-refractivity contribution in [3.63, 3.8) is 0 Å². The summed E-state index contributed by atoms with van der Waals surface area (Å²) in [7, 11) is 1.62. The van der Waals surface area contributed by atoms with Crippen molar-refractivity contribution in [3.05, 3.63) is 60.2 Å². The third-order valence-electron chi connectivity index (χ3n) is 4.33. The smallest absolute Gasteiger partial charge is 0.246 e. The largest absolute Gasteiger partial charge is 0.497 e. The monoisotopic (exact) mass is 340 g/mol. The number of nitrogens with one attached hydrogen (secondary N) is 2. The Morgan fingerprint density at radius 3 is 2.60 bits per heavy atom. The molecular weight excluding hydrogens is 316 g/mol. The quantitative estimate of drug-likeness (QED) is 0.813. The SMILES string of the molecule is COc1ccc(NC(=O)C(NCC2CCCO2)c2ccccc2)cc1. The molecule has 2 aromatic carbocycles. The Kier molecular flexibility index (Phi) is 6.04. The first kappa shape index (κ1) is 17.5. The number of benzene rings is 2. The van der Waals surface area contributed by atoms with E-state index in [2.05, 4.69) is 10.6 Å². The molecule has 2 aromatic rings. The molecule has 1 amide bonds. The minimum Gasteiger partial charge on any atom is -0.497 e. The van der Waals surface area contributed by atoms with E-state index in [-0.39, 0.29) is 12.0 Å². The second-order valence-corrected chi connectivity index (χ2v) is 6.10. The Morgan fingerprint density at radius 2 is 1.96 bits per heavy atom. The van der Waals surface area contributed by atoms with Crippen LogP contribution in [0.25, 0.3) is 0 Å². The van der Waals surface area contributed by atoms with E-state index in [1.165, 1.54) is 0 Å². The van der Waals surface area contributed by atoms with Crippen LogP contribution < -0.4 is 15.4 Å². The van der Waals surface area contributed by atoms with Gasteiger partial charge < -0.3 is 14.8 Å². The van der Waals surface area contributed by atoms with E-state index in [1.54, 1.807) is 7.11 Å². The molecule has 5 heteroatoms. The van der Waals surface area contributed by atoms with Crippen molar-refractivity contribution in [1.29, 1.82) is 0 Å². The van der Waals surface area contributed by atoms with Crippen LogP contribution in [0.15, 0.2) is 54.6 Å². The molecule has 2 unspecified atom stereocenters. The van der Waals surface area contributed by atoms with E-state index in [1.807, 2.05) is 54.6 Å². The van der Waals surface area contributed by atoms with Crippen LogP contribution >= 0.6 is 0 Å². The summed E-state index contributed by atoms with van der Waals surface area (Å²) in [6, 6.07) is 16.6. The summed E-state index contributed by atoms with van der Waals surface area (Å²) < 4.78 is 10.8. The number of rotatable bonds is 7. The third kappa shape index (κ3) is 4.81. The predicted octanol–water partition coefficient (Wildman–Crippen LogP) is 3.14. The molecule has 1 aliphatic heterocycles. The first-order chi connectivity index (χ1) is 12.3. The second-order valence-electron chi connectivity index (χ2n) is 6.10. The van der Waals surface area contributed by atoms with Crippen LogP contribution in [-0.2, 0) is 9.53 Å². The number of amides is 1. The fraction of sp³-hybridized carbons (Fsp3) is 0.350. The van der Waals surface area contributed by atoms with Gasteiger partial charge >= 0.3 is 0 Å². The lowest BCUT2D eigenvalue weighted by Crippen LogP contribution is -2.37. The van der Waals surface area contributed by atoms with Crippen molar-refractivity contribution in [2.24, 2.45) is 0 Å². The summed E-state index contributed by atoms with van der Waals surface area (Å²) in [5.41, 5.74) is 1.68. The predicted molar refractivity (Wildman–Crippen MR) is 97.8 cm³/mol. The summed E-state index contributed by atoms with van der Waals surface area (Å²) >= 11 is 0. The molecule has 132 valence electrons. The Bertz CT molecular complexity index is 667. The second kappa shape index (κ2) is 8.65. The van der Waals surface area contributed by atoms with Gasteiger partial charge in [-0.2, -0.15) is 0 Å². The molecule has 2 N–H and O–H groups in total. The molecule has 0 aromatic heterocycles. The van der Waals surface area contributed by atoms with Crippen LogP contribution in [0.5, 0.6) is 5.75 Å². The zero-order valence-corrected chi connectivity index (χ0v) is 14.4. The lowest BCUT2D eigenvalue weighted by molar-refractivity contribution is -0.118. The maximum atomic E-state index is 12.8. The zero-order valence-electron chi connectivity index (χ0n) is 14.4. The van der Waals surface area contributed by atoms with Gasteiger partial charge in [0.2, 0.25) is 5.91 Å². The molecule has 0 aliphatic carbocycles. The molecule has 0 saturated carbocycles. The van der Waals surface area contributed by atoms with E-state index in [4.69, 9.17) is 9.47 Å². The molecular formula is C20H24N2O3. The Hall–Kier alpha value is -2.37. The van der Waals surface area contributed by atoms with Gasteiger partial charge in [0.15, 0.2) is 0 Å². The normalized spacial score (nSPS) is 17.9. The zero-order chi connectivity index (χ0) is 17.5. The van der Waals surface area contributed by atoms with Crippen molar-refractivity contribution in [2.75, 3.05) is 25.6 Å². The summed E-state index contributed by atoms with van der Waals surface area (Å²) in [4.78, 5) is 12.8. The molecule has 0 spiro atoms. The number of ether oxygens (including phenoxy) is 2. The van der Waals surface area contributed by atoms with Gasteiger partial charge in [0.05, 0.1) is 13.2 Å². The topological polar surface area (TPSA) is 59.6 Å². The van der Waals surface area contributed by atoms with E-state index in [0.29, 0.717) is 6.54 Å². The summed E-state index contributed by atoms with van der Waals surface area (Å²) in [6.45, 7) is 1.47. The molecule has 1 heterocycles. The lowest BCUT2D eigenvalue weighted by Gasteiger charge is -2.21. The minimum atomic E-state index is -0.424.